The van der Waals surface area contributed by atoms with E-state index in [0.29, 0.717) is 33.6 Å². The maximum absolute atomic E-state index is 13.8. The highest BCUT2D eigenvalue weighted by Crippen LogP contribution is 2.21. The number of nitrogens with one attached hydrogen (secondary N) is 1. The van der Waals surface area contributed by atoms with E-state index in [2.05, 4.69) is 5.32 Å². The number of hydrogen-bond donors (Lipinski definition) is 1. The molecule has 176 valence electrons. The number of carbonyl (C=O) groups is 2. The van der Waals surface area contributed by atoms with Crippen molar-refractivity contribution in [3.8, 4) is 5.75 Å². The fraction of sp³-hybridized carbons (Fsp3) is 0.0345. The SMILES string of the molecule is COc1ccc(NC(=S)c2n(C(=O)c3ccccc3)c3ccccc3[n+]2C(=O)c2ccccc2)cc1. The number of nitrogens with zero attached hydrogens (tertiary/aromatic N) is 2. The maximum atomic E-state index is 13.8. The van der Waals surface area contributed by atoms with Crippen LogP contribution in [0.25, 0.3) is 11.0 Å². The summed E-state index contributed by atoms with van der Waals surface area (Å²) in [6, 6.07) is 32.4. The van der Waals surface area contributed by atoms with Gasteiger partial charge < -0.3 is 10.1 Å². The van der Waals surface area contributed by atoms with Crippen molar-refractivity contribution in [1.82, 2.24) is 4.57 Å². The van der Waals surface area contributed by atoms with Crippen LogP contribution in [0.1, 0.15) is 26.5 Å². The highest BCUT2D eigenvalue weighted by molar-refractivity contribution is 7.81. The second-order valence-corrected chi connectivity index (χ2v) is 8.42. The Morgan fingerprint density at radius 3 is 2.00 bits per heavy atom. The summed E-state index contributed by atoms with van der Waals surface area (Å²) in [7, 11) is 1.60. The number of aromatic nitrogens is 2. The number of carbonyl (C=O) groups excluding carboxylic acids is 2. The average molecular weight is 493 g/mol. The van der Waals surface area contributed by atoms with E-state index >= 15 is 0 Å². The molecule has 1 heterocycles. The van der Waals surface area contributed by atoms with Crippen LogP contribution in [0.5, 0.6) is 5.75 Å². The van der Waals surface area contributed by atoms with Crippen LogP contribution >= 0.6 is 12.2 Å². The first-order valence-corrected chi connectivity index (χ1v) is 11.7. The third kappa shape index (κ3) is 4.28. The minimum atomic E-state index is -0.291. The maximum Gasteiger partial charge on any atom is 0.346 e. The molecule has 0 spiro atoms. The third-order valence-corrected chi connectivity index (χ3v) is 6.07. The highest BCUT2D eigenvalue weighted by Gasteiger charge is 2.36. The number of ether oxygens (including phenoxy) is 1. The molecule has 0 amide bonds. The van der Waals surface area contributed by atoms with Gasteiger partial charge in [0.15, 0.2) is 16.0 Å². The van der Waals surface area contributed by atoms with Gasteiger partial charge >= 0.3 is 17.6 Å². The first kappa shape index (κ1) is 23.1. The molecule has 0 atom stereocenters. The van der Waals surface area contributed by atoms with Crippen LogP contribution in [0.15, 0.2) is 109 Å². The summed E-state index contributed by atoms with van der Waals surface area (Å²) < 4.78 is 8.25. The standard InChI is InChI=1S/C29H21N3O3S/c1-35-23-18-16-22(17-19-23)30-26(36)27-31(28(33)20-10-4-2-5-11-20)24-14-8-9-15-25(24)32(27)29(34)21-12-6-3-7-13-21/h2-19H,1H3/p+1. The molecule has 0 fully saturated rings. The molecule has 0 saturated heterocycles. The van der Waals surface area contributed by atoms with Crippen molar-refractivity contribution in [3.63, 3.8) is 0 Å². The Morgan fingerprint density at radius 1 is 0.778 bits per heavy atom. The van der Waals surface area contributed by atoms with Crippen LogP contribution in [0.2, 0.25) is 0 Å². The Morgan fingerprint density at radius 2 is 1.36 bits per heavy atom. The lowest BCUT2D eigenvalue weighted by Crippen LogP contribution is -2.49. The van der Waals surface area contributed by atoms with Gasteiger partial charge in [-0.1, -0.05) is 60.7 Å². The van der Waals surface area contributed by atoms with Gasteiger partial charge in [-0.25, -0.2) is 9.59 Å². The molecular formula is C29H22N3O3S+. The van der Waals surface area contributed by atoms with Gasteiger partial charge in [-0.3, -0.25) is 0 Å². The summed E-state index contributed by atoms with van der Waals surface area (Å²) in [5.41, 5.74) is 2.80. The Hall–Kier alpha value is -4.62. The molecule has 0 bridgehead atoms. The zero-order chi connectivity index (χ0) is 25.1. The minimum absolute atomic E-state index is 0.227. The Labute approximate surface area is 213 Å². The van der Waals surface area contributed by atoms with E-state index in [9.17, 15) is 9.59 Å². The molecule has 1 N–H and O–H groups in total. The second kappa shape index (κ2) is 9.93. The van der Waals surface area contributed by atoms with Gasteiger partial charge in [-0.2, -0.15) is 0 Å². The van der Waals surface area contributed by atoms with Crippen molar-refractivity contribution in [1.29, 1.82) is 0 Å². The second-order valence-electron chi connectivity index (χ2n) is 8.01. The summed E-state index contributed by atoms with van der Waals surface area (Å²) in [4.78, 5) is 27.9. The number of para-hydroxylation sites is 2. The molecule has 0 saturated carbocycles. The van der Waals surface area contributed by atoms with E-state index in [-0.39, 0.29) is 22.6 Å². The largest absolute Gasteiger partial charge is 0.497 e. The van der Waals surface area contributed by atoms with Gasteiger partial charge in [0.05, 0.1) is 18.2 Å². The predicted octanol–water partition coefficient (Wildman–Crippen LogP) is 5.10. The number of benzene rings is 4. The number of imidazole rings is 1. The number of thiocarbonyl (C=S) groups is 1. The lowest BCUT2D eigenvalue weighted by atomic mass is 10.2. The summed E-state index contributed by atoms with van der Waals surface area (Å²) in [6.45, 7) is 0. The molecule has 4 aromatic carbocycles. The molecule has 0 aliphatic rings. The molecule has 1 aromatic heterocycles. The van der Waals surface area contributed by atoms with E-state index in [1.807, 2.05) is 48.5 Å². The summed E-state index contributed by atoms with van der Waals surface area (Å²) >= 11 is 5.83. The van der Waals surface area contributed by atoms with Gasteiger partial charge in [-0.15, -0.1) is 9.13 Å². The molecular weight excluding hydrogens is 470 g/mol. The number of methoxy groups -OCH3 is 1. The lowest BCUT2D eigenvalue weighted by molar-refractivity contribution is -0.544. The highest BCUT2D eigenvalue weighted by atomic mass is 32.1. The first-order chi connectivity index (χ1) is 17.6. The number of fused-ring (bicyclic) bond motifs is 1. The quantitative estimate of drug-likeness (QED) is 0.273. The van der Waals surface area contributed by atoms with E-state index < -0.39 is 0 Å². The Balaban J connectivity index is 1.73. The van der Waals surface area contributed by atoms with Gasteiger partial charge in [0.1, 0.15) is 5.75 Å². The molecule has 36 heavy (non-hydrogen) atoms. The Kier molecular flexibility index (Phi) is 6.38. The topological polar surface area (TPSA) is 64.2 Å². The zero-order valence-corrected chi connectivity index (χ0v) is 20.2. The molecule has 5 rings (SSSR count). The van der Waals surface area contributed by atoms with Crippen molar-refractivity contribution < 1.29 is 18.9 Å². The minimum Gasteiger partial charge on any atom is -0.497 e. The monoisotopic (exact) mass is 492 g/mol. The van der Waals surface area contributed by atoms with Crippen molar-refractivity contribution in [2.24, 2.45) is 0 Å². The number of rotatable bonds is 5. The average Bonchev–Trinajstić information content (AvgIpc) is 3.29. The zero-order valence-electron chi connectivity index (χ0n) is 19.4. The van der Waals surface area contributed by atoms with E-state index in [1.54, 1.807) is 67.8 Å². The summed E-state index contributed by atoms with van der Waals surface area (Å²) in [6.07, 6.45) is 0. The Bertz CT molecular complexity index is 1490. The van der Waals surface area contributed by atoms with Gasteiger partial charge in [0.25, 0.3) is 0 Å². The van der Waals surface area contributed by atoms with Crippen molar-refractivity contribution in [2.45, 2.75) is 0 Å². The van der Waals surface area contributed by atoms with Gasteiger partial charge in [0, 0.05) is 5.69 Å². The fourth-order valence-electron chi connectivity index (χ4n) is 4.07. The summed E-state index contributed by atoms with van der Waals surface area (Å²) in [5.74, 6) is 0.388. The molecule has 0 aliphatic carbocycles. The molecule has 5 aromatic rings. The normalized spacial score (nSPS) is 10.7. The van der Waals surface area contributed by atoms with Gasteiger partial charge in [0.2, 0.25) is 0 Å². The van der Waals surface area contributed by atoms with Crippen LogP contribution in [0.4, 0.5) is 5.69 Å². The van der Waals surface area contributed by atoms with E-state index in [4.69, 9.17) is 17.0 Å². The molecule has 6 nitrogen and oxygen atoms in total. The molecule has 7 heteroatoms. The molecule has 0 unspecified atom stereocenters. The number of anilines is 1. The van der Waals surface area contributed by atoms with Crippen LogP contribution in [0.3, 0.4) is 0 Å². The first-order valence-electron chi connectivity index (χ1n) is 11.3. The molecule has 0 radical (unpaired) electrons. The van der Waals surface area contributed by atoms with Crippen molar-refractivity contribution in [3.05, 3.63) is 126 Å². The lowest BCUT2D eigenvalue weighted by Gasteiger charge is -2.09. The van der Waals surface area contributed by atoms with Crippen LogP contribution in [0, 0.1) is 0 Å². The summed E-state index contributed by atoms with van der Waals surface area (Å²) in [5, 5.41) is 3.19. The van der Waals surface area contributed by atoms with Crippen LogP contribution < -0.4 is 14.6 Å². The fourth-order valence-corrected chi connectivity index (χ4v) is 4.37. The third-order valence-electron chi connectivity index (χ3n) is 5.79. The predicted molar refractivity (Wildman–Crippen MR) is 143 cm³/mol. The number of hydrogen-bond acceptors (Lipinski definition) is 4. The van der Waals surface area contributed by atoms with Crippen molar-refractivity contribution >= 4 is 45.7 Å². The van der Waals surface area contributed by atoms with E-state index in [1.165, 1.54) is 9.13 Å². The smallest absolute Gasteiger partial charge is 0.346 e. The molecule has 0 aliphatic heterocycles. The van der Waals surface area contributed by atoms with Gasteiger partial charge in [-0.05, 0) is 60.7 Å². The van der Waals surface area contributed by atoms with E-state index in [0.717, 1.165) is 0 Å². The van der Waals surface area contributed by atoms with Crippen LogP contribution in [-0.4, -0.2) is 28.5 Å². The van der Waals surface area contributed by atoms with Crippen molar-refractivity contribution in [2.75, 3.05) is 12.4 Å². The van der Waals surface area contributed by atoms with Crippen LogP contribution in [-0.2, 0) is 0 Å².